The molecule has 63 heavy (non-hydrogen) atoms. The van der Waals surface area contributed by atoms with Crippen LogP contribution in [-0.4, -0.2) is 82.1 Å². The molecular weight excluding hydrogens is 785 g/mol. The summed E-state index contributed by atoms with van der Waals surface area (Å²) in [5.74, 6) is 3.88. The number of nitrogens with zero attached hydrogens (tertiary/aromatic N) is 6. The summed E-state index contributed by atoms with van der Waals surface area (Å²) in [6.45, 7) is 4.90. The van der Waals surface area contributed by atoms with Gasteiger partial charge in [0.2, 0.25) is 11.9 Å². The number of rotatable bonds is 4. The lowest BCUT2D eigenvalue weighted by Gasteiger charge is -2.45. The second kappa shape index (κ2) is 17.2. The fraction of sp³-hybridized carbons (Fsp3) is 0.294. The molecule has 2 fully saturated rings. The summed E-state index contributed by atoms with van der Waals surface area (Å²) < 4.78 is 0. The molecule has 6 aromatic rings. The molecule has 2 spiro atoms. The van der Waals surface area contributed by atoms with E-state index in [9.17, 15) is 9.59 Å². The van der Waals surface area contributed by atoms with Gasteiger partial charge in [0.1, 0.15) is 0 Å². The van der Waals surface area contributed by atoms with E-state index in [0.717, 1.165) is 79.9 Å². The number of fused-ring (bicyclic) bond motifs is 8. The smallest absolute Gasteiger partial charge is 0.321 e. The second-order valence-electron chi connectivity index (χ2n) is 17.1. The topological polar surface area (TPSA) is 140 Å². The number of terminal acetylenes is 1. The van der Waals surface area contributed by atoms with Gasteiger partial charge in [-0.05, 0) is 98.0 Å². The number of piperidine rings is 2. The van der Waals surface area contributed by atoms with Crippen LogP contribution < -0.4 is 21.3 Å². The molecule has 4 N–H and O–H groups in total. The van der Waals surface area contributed by atoms with Gasteiger partial charge in [0.05, 0.1) is 11.4 Å². The van der Waals surface area contributed by atoms with Crippen molar-refractivity contribution in [1.29, 1.82) is 0 Å². The first-order chi connectivity index (χ1) is 30.7. The molecule has 0 bridgehead atoms. The van der Waals surface area contributed by atoms with Gasteiger partial charge in [-0.1, -0.05) is 78.2 Å². The number of aryl methyl sites for hydroxylation is 1. The normalized spacial score (nSPS) is 16.2. The maximum atomic E-state index is 12.9. The van der Waals surface area contributed by atoms with Crippen molar-refractivity contribution in [1.82, 2.24) is 29.7 Å². The van der Waals surface area contributed by atoms with Crippen LogP contribution >= 0.6 is 0 Å². The van der Waals surface area contributed by atoms with E-state index in [0.29, 0.717) is 25.0 Å². The van der Waals surface area contributed by atoms with Gasteiger partial charge in [-0.2, -0.15) is 0 Å². The molecule has 0 radical (unpaired) electrons. The number of nitrogens with one attached hydrogen (secondary N) is 4. The van der Waals surface area contributed by atoms with Crippen molar-refractivity contribution in [3.63, 3.8) is 0 Å². The van der Waals surface area contributed by atoms with Crippen molar-refractivity contribution in [3.05, 3.63) is 143 Å². The van der Waals surface area contributed by atoms with Crippen LogP contribution in [0.3, 0.4) is 0 Å². The summed E-state index contributed by atoms with van der Waals surface area (Å²) in [5, 5.41) is 12.1. The monoisotopic (exact) mass is 836 g/mol. The number of hydrogen-bond donors (Lipinski definition) is 4. The van der Waals surface area contributed by atoms with Crippen LogP contribution in [0.4, 0.5) is 32.9 Å². The number of benzene rings is 4. The number of likely N-dealkylation sites (tertiary alicyclic amines) is 2. The van der Waals surface area contributed by atoms with Crippen LogP contribution in [0, 0.1) is 19.3 Å². The third kappa shape index (κ3) is 8.14. The molecular formula is C51H52N10O2. The van der Waals surface area contributed by atoms with E-state index in [1.807, 2.05) is 91.7 Å². The van der Waals surface area contributed by atoms with Gasteiger partial charge in [0.25, 0.3) is 0 Å². The van der Waals surface area contributed by atoms with Gasteiger partial charge in [0, 0.05) is 91.6 Å². The SMILES string of the molecule is C#Cc1cccc(NC(=O)N2CCC3(CC2)Cc2cnc(NC)nc2-c2ccccc23)c1.CNc1ncc2c(n1)-c1ccccc1C1(CCN(C(=O)Nc3ccc(C)cc3)CC1)C2. The van der Waals surface area contributed by atoms with Crippen LogP contribution in [0.25, 0.3) is 22.5 Å². The Kier molecular flexibility index (Phi) is 11.3. The second-order valence-corrected chi connectivity index (χ2v) is 17.1. The van der Waals surface area contributed by atoms with Crippen molar-refractivity contribution >= 4 is 35.3 Å². The highest BCUT2D eigenvalue weighted by molar-refractivity contribution is 5.90. The van der Waals surface area contributed by atoms with Crippen molar-refractivity contribution < 1.29 is 9.59 Å². The molecule has 12 heteroatoms. The summed E-state index contributed by atoms with van der Waals surface area (Å²) in [6.07, 6.45) is 14.8. The molecule has 2 aliphatic carbocycles. The molecule has 0 unspecified atom stereocenters. The summed E-state index contributed by atoms with van der Waals surface area (Å²) >= 11 is 0. The Morgan fingerprint density at radius 3 is 1.57 bits per heavy atom. The molecule has 4 aliphatic rings. The summed E-state index contributed by atoms with van der Waals surface area (Å²) in [7, 11) is 3.68. The molecule has 2 aliphatic heterocycles. The summed E-state index contributed by atoms with van der Waals surface area (Å²) in [5.41, 5.74) is 13.0. The molecule has 0 saturated carbocycles. The maximum Gasteiger partial charge on any atom is 0.321 e. The Morgan fingerprint density at radius 1 is 0.619 bits per heavy atom. The van der Waals surface area contributed by atoms with E-state index in [-0.39, 0.29) is 22.9 Å². The Labute approximate surface area is 369 Å². The van der Waals surface area contributed by atoms with E-state index < -0.39 is 0 Å². The third-order valence-electron chi connectivity index (χ3n) is 13.3. The first kappa shape index (κ1) is 41.1. The zero-order chi connectivity index (χ0) is 43.6. The highest BCUT2D eigenvalue weighted by atomic mass is 16.2. The Bertz CT molecular complexity index is 2710. The fourth-order valence-electron chi connectivity index (χ4n) is 9.90. The molecule has 4 aromatic carbocycles. The van der Waals surface area contributed by atoms with E-state index in [1.54, 1.807) is 0 Å². The molecule has 2 saturated heterocycles. The number of hydrogen-bond acceptors (Lipinski definition) is 8. The van der Waals surface area contributed by atoms with Crippen LogP contribution in [0.1, 0.15) is 59.1 Å². The number of carbonyl (C=O) groups is 2. The largest absolute Gasteiger partial charge is 0.357 e. The first-order valence-corrected chi connectivity index (χ1v) is 21.7. The number of aromatic nitrogens is 4. The lowest BCUT2D eigenvalue weighted by Crippen LogP contribution is -2.48. The lowest BCUT2D eigenvalue weighted by atomic mass is 9.64. The van der Waals surface area contributed by atoms with Crippen molar-refractivity contribution in [2.75, 3.05) is 61.5 Å². The van der Waals surface area contributed by atoms with Gasteiger partial charge in [-0.3, -0.25) is 0 Å². The molecule has 0 atom stereocenters. The van der Waals surface area contributed by atoms with Crippen molar-refractivity contribution in [3.8, 4) is 34.9 Å². The van der Waals surface area contributed by atoms with Crippen LogP contribution in [0.5, 0.6) is 0 Å². The van der Waals surface area contributed by atoms with E-state index in [1.165, 1.54) is 38.9 Å². The minimum absolute atomic E-state index is 0.00568. The van der Waals surface area contributed by atoms with Crippen LogP contribution in [0.2, 0.25) is 0 Å². The van der Waals surface area contributed by atoms with E-state index in [4.69, 9.17) is 16.4 Å². The van der Waals surface area contributed by atoms with Crippen LogP contribution in [-0.2, 0) is 23.7 Å². The van der Waals surface area contributed by atoms with Gasteiger partial charge in [-0.15, -0.1) is 6.42 Å². The first-order valence-electron chi connectivity index (χ1n) is 21.7. The third-order valence-corrected chi connectivity index (χ3v) is 13.3. The zero-order valence-corrected chi connectivity index (χ0v) is 36.0. The van der Waals surface area contributed by atoms with Gasteiger partial charge in [0.15, 0.2) is 0 Å². The Balaban J connectivity index is 0.000000160. The quantitative estimate of drug-likeness (QED) is 0.129. The van der Waals surface area contributed by atoms with Crippen LogP contribution in [0.15, 0.2) is 109 Å². The van der Waals surface area contributed by atoms with Gasteiger partial charge in [-0.25, -0.2) is 29.5 Å². The number of anilines is 4. The molecule has 4 amide bonds. The average Bonchev–Trinajstić information content (AvgIpc) is 3.33. The molecule has 2 aromatic heterocycles. The predicted octanol–water partition coefficient (Wildman–Crippen LogP) is 8.90. The molecule has 318 valence electrons. The zero-order valence-electron chi connectivity index (χ0n) is 36.0. The standard InChI is InChI=1S/C26H25N5O.C25H27N5O/c1-3-18-7-6-8-20(15-18)29-25(32)31-13-11-26(12-14-31)16-19-17-28-24(27-2)30-23(19)21-9-4-5-10-22(21)26;1-17-7-9-19(10-8-17)28-24(31)30-13-11-25(12-14-30)15-18-16-27-23(26-2)29-22(18)20-5-3-4-6-21(20)25/h1,4-10,15,17H,11-14,16H2,2H3,(H,29,32)(H,27,28,30);3-10,16H,11-15H2,1-2H3,(H,28,31)(H,26,27,29). The highest BCUT2D eigenvalue weighted by Crippen LogP contribution is 2.49. The minimum Gasteiger partial charge on any atom is -0.357 e. The minimum atomic E-state index is -0.0829. The van der Waals surface area contributed by atoms with Gasteiger partial charge < -0.3 is 31.1 Å². The van der Waals surface area contributed by atoms with E-state index in [2.05, 4.69) is 85.7 Å². The van der Waals surface area contributed by atoms with E-state index >= 15 is 0 Å². The van der Waals surface area contributed by atoms with Crippen molar-refractivity contribution in [2.45, 2.75) is 56.3 Å². The summed E-state index contributed by atoms with van der Waals surface area (Å²) in [4.78, 5) is 48.0. The fourth-order valence-corrected chi connectivity index (χ4v) is 9.90. The summed E-state index contributed by atoms with van der Waals surface area (Å²) in [6, 6.07) is 32.3. The predicted molar refractivity (Wildman–Crippen MR) is 250 cm³/mol. The average molecular weight is 837 g/mol. The molecule has 4 heterocycles. The maximum absolute atomic E-state index is 12.9. The lowest BCUT2D eigenvalue weighted by molar-refractivity contribution is 0.166. The Morgan fingerprint density at radius 2 is 1.10 bits per heavy atom. The number of urea groups is 2. The van der Waals surface area contributed by atoms with Crippen molar-refractivity contribution in [2.24, 2.45) is 0 Å². The highest BCUT2D eigenvalue weighted by Gasteiger charge is 2.44. The number of carbonyl (C=O) groups excluding carboxylic acids is 2. The molecule has 12 nitrogen and oxygen atoms in total. The number of amides is 4. The molecule has 10 rings (SSSR count). The Hall–Kier alpha value is -7.26. The van der Waals surface area contributed by atoms with Gasteiger partial charge >= 0.3 is 12.1 Å².